The van der Waals surface area contributed by atoms with Crippen LogP contribution in [-0.2, 0) is 6.42 Å². The highest BCUT2D eigenvalue weighted by molar-refractivity contribution is 6.30. The standard InChI is InChI=1S/C17H16ClFN2O/c1-11-2-3-12-10-14(19)6-9-16(12)21(11)17(22)20-15-7-4-13(18)5-8-15/h4-11H,2-3H2,1H3,(H,20,22). The molecule has 22 heavy (non-hydrogen) atoms. The van der Waals surface area contributed by atoms with E-state index >= 15 is 0 Å². The summed E-state index contributed by atoms with van der Waals surface area (Å²) in [4.78, 5) is 14.3. The second-order valence-corrected chi connectivity index (χ2v) is 5.90. The second-order valence-electron chi connectivity index (χ2n) is 5.47. The maximum Gasteiger partial charge on any atom is 0.326 e. The molecule has 3 nitrogen and oxygen atoms in total. The van der Waals surface area contributed by atoms with Crippen molar-refractivity contribution in [3.05, 3.63) is 58.9 Å². The van der Waals surface area contributed by atoms with Gasteiger partial charge in [-0.1, -0.05) is 11.6 Å². The van der Waals surface area contributed by atoms with Crippen molar-refractivity contribution in [2.75, 3.05) is 10.2 Å². The average molecular weight is 319 g/mol. The van der Waals surface area contributed by atoms with Gasteiger partial charge >= 0.3 is 6.03 Å². The smallest absolute Gasteiger partial charge is 0.308 e. The molecule has 0 fully saturated rings. The number of carbonyl (C=O) groups is 1. The number of hydrogen-bond acceptors (Lipinski definition) is 1. The SMILES string of the molecule is CC1CCc2cc(F)ccc2N1C(=O)Nc1ccc(Cl)cc1. The van der Waals surface area contributed by atoms with Crippen LogP contribution in [0.4, 0.5) is 20.6 Å². The lowest BCUT2D eigenvalue weighted by Gasteiger charge is -2.35. The number of fused-ring (bicyclic) bond motifs is 1. The molecule has 1 aliphatic rings. The quantitative estimate of drug-likeness (QED) is 0.800. The van der Waals surface area contributed by atoms with Gasteiger partial charge in [-0.2, -0.15) is 0 Å². The van der Waals surface area contributed by atoms with E-state index in [4.69, 9.17) is 11.6 Å². The minimum Gasteiger partial charge on any atom is -0.308 e. The minimum atomic E-state index is -0.272. The van der Waals surface area contributed by atoms with Crippen molar-refractivity contribution in [3.8, 4) is 0 Å². The Morgan fingerprint density at radius 3 is 2.73 bits per heavy atom. The fourth-order valence-electron chi connectivity index (χ4n) is 2.75. The Hall–Kier alpha value is -2.07. The first-order valence-corrected chi connectivity index (χ1v) is 7.56. The van der Waals surface area contributed by atoms with Crippen LogP contribution in [-0.4, -0.2) is 12.1 Å². The Bertz CT molecular complexity index is 702. The monoisotopic (exact) mass is 318 g/mol. The Balaban J connectivity index is 1.87. The lowest BCUT2D eigenvalue weighted by molar-refractivity contribution is 0.254. The van der Waals surface area contributed by atoms with Crippen LogP contribution in [0.5, 0.6) is 0 Å². The van der Waals surface area contributed by atoms with E-state index in [1.165, 1.54) is 12.1 Å². The molecule has 114 valence electrons. The van der Waals surface area contributed by atoms with Crippen molar-refractivity contribution in [2.45, 2.75) is 25.8 Å². The van der Waals surface area contributed by atoms with Gasteiger partial charge in [0.1, 0.15) is 5.82 Å². The van der Waals surface area contributed by atoms with Crippen LogP contribution in [0, 0.1) is 5.82 Å². The molecule has 0 aliphatic carbocycles. The van der Waals surface area contributed by atoms with E-state index in [1.807, 2.05) is 6.92 Å². The van der Waals surface area contributed by atoms with E-state index in [9.17, 15) is 9.18 Å². The van der Waals surface area contributed by atoms with Gasteiger partial charge in [-0.15, -0.1) is 0 Å². The van der Waals surface area contributed by atoms with E-state index in [0.717, 1.165) is 24.1 Å². The molecule has 2 aromatic rings. The number of rotatable bonds is 1. The lowest BCUT2D eigenvalue weighted by Crippen LogP contribution is -2.44. The second kappa shape index (κ2) is 5.97. The van der Waals surface area contributed by atoms with Gasteiger partial charge in [-0.05, 0) is 67.8 Å². The normalized spacial score (nSPS) is 17.0. The van der Waals surface area contributed by atoms with Crippen molar-refractivity contribution in [1.29, 1.82) is 0 Å². The fourth-order valence-corrected chi connectivity index (χ4v) is 2.87. The number of aryl methyl sites for hydroxylation is 1. The van der Waals surface area contributed by atoms with Crippen LogP contribution >= 0.6 is 11.6 Å². The highest BCUT2D eigenvalue weighted by Gasteiger charge is 2.28. The van der Waals surface area contributed by atoms with Crippen molar-refractivity contribution in [3.63, 3.8) is 0 Å². The van der Waals surface area contributed by atoms with E-state index in [2.05, 4.69) is 5.32 Å². The number of halogens is 2. The van der Waals surface area contributed by atoms with Gasteiger partial charge in [0.25, 0.3) is 0 Å². The number of anilines is 2. The maximum absolute atomic E-state index is 13.4. The highest BCUT2D eigenvalue weighted by Crippen LogP contribution is 2.31. The first-order chi connectivity index (χ1) is 10.5. The summed E-state index contributed by atoms with van der Waals surface area (Å²) in [6.07, 6.45) is 1.59. The molecule has 0 bridgehead atoms. The van der Waals surface area contributed by atoms with E-state index in [1.54, 1.807) is 35.2 Å². The number of hydrogen-bond donors (Lipinski definition) is 1. The van der Waals surface area contributed by atoms with E-state index in [-0.39, 0.29) is 17.9 Å². The Morgan fingerprint density at radius 2 is 2.00 bits per heavy atom. The molecule has 1 N–H and O–H groups in total. The molecule has 0 radical (unpaired) electrons. The van der Waals surface area contributed by atoms with Crippen LogP contribution < -0.4 is 10.2 Å². The zero-order chi connectivity index (χ0) is 15.7. The zero-order valence-corrected chi connectivity index (χ0v) is 12.9. The van der Waals surface area contributed by atoms with Crippen molar-refractivity contribution >= 4 is 29.0 Å². The van der Waals surface area contributed by atoms with Gasteiger partial charge < -0.3 is 5.32 Å². The molecule has 5 heteroatoms. The third kappa shape index (κ3) is 2.92. The molecule has 1 unspecified atom stereocenters. The Morgan fingerprint density at radius 1 is 1.27 bits per heavy atom. The van der Waals surface area contributed by atoms with E-state index < -0.39 is 0 Å². The number of urea groups is 1. The summed E-state index contributed by atoms with van der Waals surface area (Å²) in [7, 11) is 0. The van der Waals surface area contributed by atoms with Gasteiger partial charge in [0, 0.05) is 22.4 Å². The van der Waals surface area contributed by atoms with Gasteiger partial charge in [0.05, 0.1) is 0 Å². The molecule has 0 aromatic heterocycles. The van der Waals surface area contributed by atoms with Gasteiger partial charge in [0.2, 0.25) is 0 Å². The number of benzene rings is 2. The summed E-state index contributed by atoms with van der Waals surface area (Å²) in [5.74, 6) is -0.272. The maximum atomic E-state index is 13.4. The predicted molar refractivity (Wildman–Crippen MR) is 87.1 cm³/mol. The van der Waals surface area contributed by atoms with Crippen LogP contribution in [0.15, 0.2) is 42.5 Å². The predicted octanol–water partition coefficient (Wildman–Crippen LogP) is 4.85. The number of carbonyl (C=O) groups excluding carboxylic acids is 1. The zero-order valence-electron chi connectivity index (χ0n) is 12.1. The molecule has 0 spiro atoms. The fraction of sp³-hybridized carbons (Fsp3) is 0.235. The number of amides is 2. The summed E-state index contributed by atoms with van der Waals surface area (Å²) in [5.41, 5.74) is 2.31. The average Bonchev–Trinajstić information content (AvgIpc) is 2.49. The molecule has 0 saturated carbocycles. The van der Waals surface area contributed by atoms with Gasteiger partial charge in [-0.25, -0.2) is 9.18 Å². The summed E-state index contributed by atoms with van der Waals surface area (Å²) in [5, 5.41) is 3.48. The molecule has 1 aliphatic heterocycles. The van der Waals surface area contributed by atoms with Crippen molar-refractivity contribution < 1.29 is 9.18 Å². The molecule has 1 heterocycles. The highest BCUT2D eigenvalue weighted by atomic mass is 35.5. The summed E-state index contributed by atoms with van der Waals surface area (Å²) < 4.78 is 13.4. The van der Waals surface area contributed by atoms with E-state index in [0.29, 0.717) is 10.7 Å². The lowest BCUT2D eigenvalue weighted by atomic mass is 9.97. The summed E-state index contributed by atoms with van der Waals surface area (Å²) in [6.45, 7) is 1.99. The van der Waals surface area contributed by atoms with Crippen molar-refractivity contribution in [2.24, 2.45) is 0 Å². The molecular weight excluding hydrogens is 303 g/mol. The Labute approximate surface area is 133 Å². The summed E-state index contributed by atoms with van der Waals surface area (Å²) >= 11 is 5.84. The topological polar surface area (TPSA) is 32.3 Å². The number of nitrogens with zero attached hydrogens (tertiary/aromatic N) is 1. The number of nitrogens with one attached hydrogen (secondary N) is 1. The molecule has 1 atom stereocenters. The van der Waals surface area contributed by atoms with Crippen LogP contribution in [0.1, 0.15) is 18.9 Å². The van der Waals surface area contributed by atoms with Crippen molar-refractivity contribution in [1.82, 2.24) is 0 Å². The molecule has 0 saturated heterocycles. The van der Waals surface area contributed by atoms with Crippen LogP contribution in [0.25, 0.3) is 0 Å². The molecule has 2 aromatic carbocycles. The molecule has 3 rings (SSSR count). The van der Waals surface area contributed by atoms with Gasteiger partial charge in [0.15, 0.2) is 0 Å². The third-order valence-electron chi connectivity index (χ3n) is 3.89. The first kappa shape index (κ1) is 14.9. The Kier molecular flexibility index (Phi) is 4.03. The minimum absolute atomic E-state index is 0.0604. The van der Waals surface area contributed by atoms with Gasteiger partial charge in [-0.3, -0.25) is 4.90 Å². The molecular formula is C17H16ClFN2O. The van der Waals surface area contributed by atoms with Crippen LogP contribution in [0.2, 0.25) is 5.02 Å². The largest absolute Gasteiger partial charge is 0.326 e. The van der Waals surface area contributed by atoms with Crippen LogP contribution in [0.3, 0.4) is 0 Å². The third-order valence-corrected chi connectivity index (χ3v) is 4.14. The first-order valence-electron chi connectivity index (χ1n) is 7.19. The molecule has 2 amide bonds. The summed E-state index contributed by atoms with van der Waals surface area (Å²) in [6, 6.07) is 11.3.